The Morgan fingerprint density at radius 3 is 2.22 bits per heavy atom. The molecule has 0 spiro atoms. The Balaban J connectivity index is 2.28. The Morgan fingerprint density at radius 2 is 1.61 bits per heavy atom. The van der Waals surface area contributed by atoms with Crippen LogP contribution in [0.25, 0.3) is 0 Å². The summed E-state index contributed by atoms with van der Waals surface area (Å²) in [4.78, 5) is 0. The summed E-state index contributed by atoms with van der Waals surface area (Å²) in [5.41, 5.74) is 6.53. The number of rotatable bonds is 3. The summed E-state index contributed by atoms with van der Waals surface area (Å²) in [7, 11) is 0. The second-order valence-corrected chi connectivity index (χ2v) is 4.44. The van der Waals surface area contributed by atoms with E-state index in [-0.39, 0.29) is 12.0 Å². The van der Waals surface area contributed by atoms with Crippen LogP contribution >= 0.6 is 11.6 Å². The summed E-state index contributed by atoms with van der Waals surface area (Å²) >= 11 is 5.99. The third-order valence-corrected chi connectivity index (χ3v) is 3.14. The molecule has 0 radical (unpaired) electrons. The molecule has 1 atom stereocenters. The second-order valence-electron chi connectivity index (χ2n) is 4.04. The van der Waals surface area contributed by atoms with Crippen LogP contribution < -0.4 is 5.73 Å². The first-order valence-electron chi connectivity index (χ1n) is 5.52. The molecule has 1 unspecified atom stereocenters. The second kappa shape index (κ2) is 5.46. The summed E-state index contributed by atoms with van der Waals surface area (Å²) < 4.78 is 27.1. The van der Waals surface area contributed by atoms with Crippen molar-refractivity contribution in [1.82, 2.24) is 0 Å². The Hall–Kier alpha value is -1.45. The molecule has 0 aliphatic rings. The van der Waals surface area contributed by atoms with Crippen molar-refractivity contribution in [2.75, 3.05) is 0 Å². The van der Waals surface area contributed by atoms with Crippen LogP contribution in [0.15, 0.2) is 42.5 Å². The van der Waals surface area contributed by atoms with Gasteiger partial charge in [0.15, 0.2) is 0 Å². The van der Waals surface area contributed by atoms with Crippen LogP contribution in [0, 0.1) is 11.6 Å². The summed E-state index contributed by atoms with van der Waals surface area (Å²) in [6.45, 7) is 0. The first-order chi connectivity index (χ1) is 8.59. The van der Waals surface area contributed by atoms with Gasteiger partial charge in [-0.05, 0) is 30.2 Å². The lowest BCUT2D eigenvalue weighted by atomic mass is 9.99. The maximum absolute atomic E-state index is 13.6. The highest BCUT2D eigenvalue weighted by Crippen LogP contribution is 2.25. The molecule has 0 aromatic heterocycles. The zero-order valence-electron chi connectivity index (χ0n) is 9.54. The number of hydrogen-bond acceptors (Lipinski definition) is 1. The minimum Gasteiger partial charge on any atom is -0.323 e. The molecule has 0 aliphatic carbocycles. The molecule has 0 heterocycles. The molecule has 0 aliphatic heterocycles. The molecule has 1 nitrogen and oxygen atoms in total. The summed E-state index contributed by atoms with van der Waals surface area (Å²) in [6.07, 6.45) is 0.289. The molecule has 0 amide bonds. The van der Waals surface area contributed by atoms with Crippen LogP contribution in [0.1, 0.15) is 17.2 Å². The highest BCUT2D eigenvalue weighted by Gasteiger charge is 2.17. The van der Waals surface area contributed by atoms with Crippen LogP contribution in [0.2, 0.25) is 5.02 Å². The molecule has 0 saturated carbocycles. The molecule has 4 heteroatoms. The molecule has 2 rings (SSSR count). The van der Waals surface area contributed by atoms with Gasteiger partial charge in [0.05, 0.1) is 0 Å². The number of nitrogens with two attached hydrogens (primary N) is 1. The van der Waals surface area contributed by atoms with Gasteiger partial charge in [0.1, 0.15) is 11.6 Å². The van der Waals surface area contributed by atoms with E-state index in [9.17, 15) is 8.78 Å². The van der Waals surface area contributed by atoms with Gasteiger partial charge in [-0.3, -0.25) is 0 Å². The van der Waals surface area contributed by atoms with E-state index in [1.54, 1.807) is 18.2 Å². The monoisotopic (exact) mass is 267 g/mol. The van der Waals surface area contributed by atoms with Crippen molar-refractivity contribution in [2.24, 2.45) is 5.73 Å². The average Bonchev–Trinajstić information content (AvgIpc) is 2.32. The van der Waals surface area contributed by atoms with Crippen molar-refractivity contribution in [3.63, 3.8) is 0 Å². The third kappa shape index (κ3) is 2.68. The van der Waals surface area contributed by atoms with Crippen LogP contribution in [-0.4, -0.2) is 0 Å². The van der Waals surface area contributed by atoms with Crippen molar-refractivity contribution in [1.29, 1.82) is 0 Å². The smallest absolute Gasteiger partial charge is 0.130 e. The van der Waals surface area contributed by atoms with Crippen LogP contribution in [-0.2, 0) is 6.42 Å². The fraction of sp³-hybridized carbons (Fsp3) is 0.143. The predicted octanol–water partition coefficient (Wildman–Crippen LogP) is 3.86. The number of halogens is 3. The summed E-state index contributed by atoms with van der Waals surface area (Å²) in [5.74, 6) is -1.26. The van der Waals surface area contributed by atoms with Crippen molar-refractivity contribution in [3.8, 4) is 0 Å². The van der Waals surface area contributed by atoms with Crippen molar-refractivity contribution in [2.45, 2.75) is 12.5 Å². The molecule has 0 fully saturated rings. The van der Waals surface area contributed by atoms with Gasteiger partial charge in [-0.25, -0.2) is 8.78 Å². The Kier molecular flexibility index (Phi) is 3.94. The Bertz CT molecular complexity index is 537. The SMILES string of the molecule is NC(Cc1ccccc1Cl)c1c(F)cccc1F. The van der Waals surface area contributed by atoms with E-state index in [0.29, 0.717) is 5.02 Å². The molecule has 0 bridgehead atoms. The summed E-state index contributed by atoms with van der Waals surface area (Å²) in [5, 5.41) is 0.546. The van der Waals surface area contributed by atoms with Gasteiger partial charge in [-0.2, -0.15) is 0 Å². The lowest BCUT2D eigenvalue weighted by molar-refractivity contribution is 0.524. The Labute approximate surface area is 109 Å². The van der Waals surface area contributed by atoms with E-state index in [1.807, 2.05) is 6.07 Å². The zero-order chi connectivity index (χ0) is 13.1. The lowest BCUT2D eigenvalue weighted by Gasteiger charge is -2.14. The van der Waals surface area contributed by atoms with E-state index >= 15 is 0 Å². The van der Waals surface area contributed by atoms with Gasteiger partial charge in [0, 0.05) is 16.6 Å². The van der Waals surface area contributed by atoms with Gasteiger partial charge in [0.2, 0.25) is 0 Å². The fourth-order valence-corrected chi connectivity index (χ4v) is 2.08. The minimum absolute atomic E-state index is 0.0996. The first kappa shape index (κ1) is 13.0. The van der Waals surface area contributed by atoms with Gasteiger partial charge < -0.3 is 5.73 Å². The molecular weight excluding hydrogens is 256 g/mol. The third-order valence-electron chi connectivity index (χ3n) is 2.77. The van der Waals surface area contributed by atoms with E-state index in [4.69, 9.17) is 17.3 Å². The first-order valence-corrected chi connectivity index (χ1v) is 5.90. The molecule has 2 N–H and O–H groups in total. The zero-order valence-corrected chi connectivity index (χ0v) is 10.3. The molecule has 94 valence electrons. The topological polar surface area (TPSA) is 26.0 Å². The van der Waals surface area contributed by atoms with Crippen molar-refractivity contribution < 1.29 is 8.78 Å². The highest BCUT2D eigenvalue weighted by molar-refractivity contribution is 6.31. The normalized spacial score (nSPS) is 12.4. The van der Waals surface area contributed by atoms with E-state index in [0.717, 1.165) is 5.56 Å². The predicted molar refractivity (Wildman–Crippen MR) is 68.4 cm³/mol. The van der Waals surface area contributed by atoms with E-state index < -0.39 is 17.7 Å². The van der Waals surface area contributed by atoms with Crippen molar-refractivity contribution >= 4 is 11.6 Å². The van der Waals surface area contributed by atoms with Crippen LogP contribution in [0.3, 0.4) is 0 Å². The molecule has 0 saturated heterocycles. The Morgan fingerprint density at radius 1 is 1.00 bits per heavy atom. The van der Waals surface area contributed by atoms with Crippen molar-refractivity contribution in [3.05, 3.63) is 70.2 Å². The molecule has 18 heavy (non-hydrogen) atoms. The van der Waals surface area contributed by atoms with Gasteiger partial charge in [-0.1, -0.05) is 35.9 Å². The standard InChI is InChI=1S/C14H12ClF2N/c15-10-5-2-1-4-9(10)8-13(18)14-11(16)6-3-7-12(14)17/h1-7,13H,8,18H2. The highest BCUT2D eigenvalue weighted by atomic mass is 35.5. The maximum Gasteiger partial charge on any atom is 0.130 e. The van der Waals surface area contributed by atoms with Crippen LogP contribution in [0.4, 0.5) is 8.78 Å². The van der Waals surface area contributed by atoms with E-state index in [2.05, 4.69) is 0 Å². The average molecular weight is 268 g/mol. The van der Waals surface area contributed by atoms with Crippen LogP contribution in [0.5, 0.6) is 0 Å². The number of benzene rings is 2. The quantitative estimate of drug-likeness (QED) is 0.898. The number of hydrogen-bond donors (Lipinski definition) is 1. The van der Waals surface area contributed by atoms with E-state index in [1.165, 1.54) is 18.2 Å². The largest absolute Gasteiger partial charge is 0.323 e. The lowest BCUT2D eigenvalue weighted by Crippen LogP contribution is -2.17. The molecular formula is C14H12ClF2N. The molecule has 2 aromatic rings. The fourth-order valence-electron chi connectivity index (χ4n) is 1.87. The van der Waals surface area contributed by atoms with Gasteiger partial charge >= 0.3 is 0 Å². The summed E-state index contributed by atoms with van der Waals surface area (Å²) in [6, 6.07) is 10.1. The maximum atomic E-state index is 13.6. The molecule has 2 aromatic carbocycles. The minimum atomic E-state index is -0.758. The van der Waals surface area contributed by atoms with Gasteiger partial charge in [0.25, 0.3) is 0 Å². The van der Waals surface area contributed by atoms with Gasteiger partial charge in [-0.15, -0.1) is 0 Å².